The molecule has 1 aliphatic rings. The van der Waals surface area contributed by atoms with Gasteiger partial charge in [-0.3, -0.25) is 0 Å². The highest BCUT2D eigenvalue weighted by Gasteiger charge is 2.39. The highest BCUT2D eigenvalue weighted by molar-refractivity contribution is 5.75. The molecule has 0 aliphatic carbocycles. The molecule has 0 saturated heterocycles. The SMILES string of the molecule is Oc1ccc(C=Cc2cc(O)cc3c2[C@H](c2ccc(O)cc2)[C@@H](c2cc(O)cc(O)c2)O3)cc1. The van der Waals surface area contributed by atoms with Crippen molar-refractivity contribution in [3.63, 3.8) is 0 Å². The van der Waals surface area contributed by atoms with Crippen LogP contribution in [0.1, 0.15) is 39.8 Å². The normalized spacial score (nSPS) is 16.9. The molecule has 1 aliphatic heterocycles. The summed E-state index contributed by atoms with van der Waals surface area (Å²) in [5, 5.41) is 49.9. The number of ether oxygens (including phenoxy) is 1. The lowest BCUT2D eigenvalue weighted by Crippen LogP contribution is -2.11. The third kappa shape index (κ3) is 4.09. The van der Waals surface area contributed by atoms with E-state index in [1.165, 1.54) is 18.2 Å². The van der Waals surface area contributed by atoms with Gasteiger partial charge in [0.2, 0.25) is 0 Å². The van der Waals surface area contributed by atoms with Crippen molar-refractivity contribution in [2.45, 2.75) is 12.0 Å². The van der Waals surface area contributed by atoms with Gasteiger partial charge in [0, 0.05) is 23.3 Å². The van der Waals surface area contributed by atoms with Crippen molar-refractivity contribution in [1.29, 1.82) is 0 Å². The highest BCUT2D eigenvalue weighted by Crippen LogP contribution is 2.53. The van der Waals surface area contributed by atoms with Crippen LogP contribution in [0.15, 0.2) is 78.9 Å². The van der Waals surface area contributed by atoms with Crippen molar-refractivity contribution >= 4 is 12.2 Å². The molecule has 0 unspecified atom stereocenters. The molecule has 6 nitrogen and oxygen atoms in total. The summed E-state index contributed by atoms with van der Waals surface area (Å²) in [6.45, 7) is 0. The van der Waals surface area contributed by atoms with Gasteiger partial charge in [0.05, 0.1) is 5.92 Å². The first-order chi connectivity index (χ1) is 16.4. The van der Waals surface area contributed by atoms with E-state index in [2.05, 4.69) is 0 Å². The number of fused-ring (bicyclic) bond motifs is 1. The van der Waals surface area contributed by atoms with E-state index >= 15 is 0 Å². The minimum atomic E-state index is -0.597. The zero-order chi connectivity index (χ0) is 23.8. The van der Waals surface area contributed by atoms with E-state index in [-0.39, 0.29) is 34.7 Å². The predicted molar refractivity (Wildman–Crippen MR) is 128 cm³/mol. The lowest BCUT2D eigenvalue weighted by molar-refractivity contribution is 0.221. The van der Waals surface area contributed by atoms with Gasteiger partial charge >= 0.3 is 0 Å². The molecule has 4 aromatic rings. The topological polar surface area (TPSA) is 110 Å². The lowest BCUT2D eigenvalue weighted by Gasteiger charge is -2.21. The van der Waals surface area contributed by atoms with Crippen molar-refractivity contribution in [2.24, 2.45) is 0 Å². The molecule has 0 spiro atoms. The number of aromatic hydroxyl groups is 5. The quantitative estimate of drug-likeness (QED) is 0.255. The third-order valence-electron chi connectivity index (χ3n) is 5.88. The molecule has 0 bridgehead atoms. The molecule has 6 heteroatoms. The Kier molecular flexibility index (Phi) is 5.26. The van der Waals surface area contributed by atoms with Crippen molar-refractivity contribution in [1.82, 2.24) is 0 Å². The second-order valence-electron chi connectivity index (χ2n) is 8.26. The van der Waals surface area contributed by atoms with E-state index in [0.29, 0.717) is 11.3 Å². The maximum Gasteiger partial charge on any atom is 0.135 e. The van der Waals surface area contributed by atoms with Gasteiger partial charge in [-0.25, -0.2) is 0 Å². The molecule has 0 saturated carbocycles. The van der Waals surface area contributed by atoms with Gasteiger partial charge in [0.1, 0.15) is 40.6 Å². The Bertz CT molecular complexity index is 1350. The molecule has 5 N–H and O–H groups in total. The Morgan fingerprint density at radius 1 is 0.559 bits per heavy atom. The summed E-state index contributed by atoms with van der Waals surface area (Å²) in [5.74, 6) is 0.297. The van der Waals surface area contributed by atoms with E-state index in [9.17, 15) is 25.5 Å². The van der Waals surface area contributed by atoms with Gasteiger partial charge in [-0.2, -0.15) is 0 Å². The van der Waals surface area contributed by atoms with E-state index in [4.69, 9.17) is 4.74 Å². The molecular weight excluding hydrogens is 432 g/mol. The Morgan fingerprint density at radius 2 is 1.15 bits per heavy atom. The number of phenols is 5. The van der Waals surface area contributed by atoms with Crippen LogP contribution < -0.4 is 4.74 Å². The van der Waals surface area contributed by atoms with Crippen molar-refractivity contribution in [2.75, 3.05) is 0 Å². The summed E-state index contributed by atoms with van der Waals surface area (Å²) in [5.41, 5.74) is 3.85. The van der Waals surface area contributed by atoms with Crippen molar-refractivity contribution in [3.05, 3.63) is 107 Å². The Hall–Kier alpha value is -4.58. The number of hydrogen-bond acceptors (Lipinski definition) is 6. The van der Waals surface area contributed by atoms with Crippen LogP contribution in [-0.4, -0.2) is 25.5 Å². The van der Waals surface area contributed by atoms with Crippen LogP contribution in [0.2, 0.25) is 0 Å². The van der Waals surface area contributed by atoms with Crippen LogP contribution >= 0.6 is 0 Å². The minimum Gasteiger partial charge on any atom is -0.508 e. The van der Waals surface area contributed by atoms with Gasteiger partial charge in [-0.15, -0.1) is 0 Å². The van der Waals surface area contributed by atoms with Gasteiger partial charge in [0.15, 0.2) is 0 Å². The second-order valence-corrected chi connectivity index (χ2v) is 8.26. The molecular formula is C28H22O6. The number of rotatable bonds is 4. The summed E-state index contributed by atoms with van der Waals surface area (Å²) in [6, 6.07) is 21.1. The first-order valence-electron chi connectivity index (χ1n) is 10.7. The predicted octanol–water partition coefficient (Wildman–Crippen LogP) is 5.65. The van der Waals surface area contributed by atoms with Crippen LogP contribution in [-0.2, 0) is 0 Å². The zero-order valence-corrected chi connectivity index (χ0v) is 18.0. The molecule has 170 valence electrons. The standard InChI is InChI=1S/C28H22O6/c29-20-7-2-16(3-8-20)1-4-18-11-24(33)15-25-26(18)27(17-5-9-21(30)10-6-17)28(34-25)19-12-22(31)14-23(32)13-19/h1-15,27-33H/t27-,28+/m0/s1. The van der Waals surface area contributed by atoms with Crippen LogP contribution in [0.5, 0.6) is 34.5 Å². The zero-order valence-electron chi connectivity index (χ0n) is 18.0. The van der Waals surface area contributed by atoms with Gasteiger partial charge in [-0.05, 0) is 59.2 Å². The molecule has 0 amide bonds. The molecule has 0 radical (unpaired) electrons. The molecule has 34 heavy (non-hydrogen) atoms. The van der Waals surface area contributed by atoms with Crippen molar-refractivity contribution in [3.8, 4) is 34.5 Å². The first-order valence-corrected chi connectivity index (χ1v) is 10.7. The van der Waals surface area contributed by atoms with Crippen LogP contribution in [0.25, 0.3) is 12.2 Å². The fourth-order valence-corrected chi connectivity index (χ4v) is 4.39. The fraction of sp³-hybridized carbons (Fsp3) is 0.0714. The first kappa shape index (κ1) is 21.3. The Labute approximate surface area is 195 Å². The molecule has 0 aromatic heterocycles. The third-order valence-corrected chi connectivity index (χ3v) is 5.88. The Morgan fingerprint density at radius 3 is 1.79 bits per heavy atom. The smallest absolute Gasteiger partial charge is 0.135 e. The largest absolute Gasteiger partial charge is 0.508 e. The lowest BCUT2D eigenvalue weighted by atomic mass is 9.82. The molecule has 0 fully saturated rings. The molecule has 4 aromatic carbocycles. The number of hydrogen-bond donors (Lipinski definition) is 5. The fourth-order valence-electron chi connectivity index (χ4n) is 4.39. The average Bonchev–Trinajstić information content (AvgIpc) is 3.18. The highest BCUT2D eigenvalue weighted by atomic mass is 16.5. The summed E-state index contributed by atoms with van der Waals surface area (Å²) >= 11 is 0. The van der Waals surface area contributed by atoms with Crippen LogP contribution in [0.4, 0.5) is 0 Å². The van der Waals surface area contributed by atoms with Crippen molar-refractivity contribution < 1.29 is 30.3 Å². The minimum absolute atomic E-state index is 0.0352. The van der Waals surface area contributed by atoms with E-state index in [1.54, 1.807) is 60.7 Å². The van der Waals surface area contributed by atoms with E-state index in [0.717, 1.165) is 22.3 Å². The summed E-state index contributed by atoms with van der Waals surface area (Å²) in [4.78, 5) is 0. The number of phenolic OH excluding ortho intramolecular Hbond substituents is 5. The second kappa shape index (κ2) is 8.41. The maximum atomic E-state index is 10.4. The van der Waals surface area contributed by atoms with Gasteiger partial charge in [0.25, 0.3) is 0 Å². The van der Waals surface area contributed by atoms with Crippen LogP contribution in [0, 0.1) is 0 Å². The van der Waals surface area contributed by atoms with Gasteiger partial charge < -0.3 is 30.3 Å². The summed E-state index contributed by atoms with van der Waals surface area (Å²) in [7, 11) is 0. The summed E-state index contributed by atoms with van der Waals surface area (Å²) < 4.78 is 6.28. The van der Waals surface area contributed by atoms with E-state index < -0.39 is 6.10 Å². The monoisotopic (exact) mass is 454 g/mol. The molecule has 5 rings (SSSR count). The molecule has 1 heterocycles. The number of benzene rings is 4. The Balaban J connectivity index is 1.66. The average molecular weight is 454 g/mol. The van der Waals surface area contributed by atoms with Crippen LogP contribution in [0.3, 0.4) is 0 Å². The van der Waals surface area contributed by atoms with E-state index in [1.807, 2.05) is 12.2 Å². The summed E-state index contributed by atoms with van der Waals surface area (Å²) in [6.07, 6.45) is 3.14. The maximum absolute atomic E-state index is 10.4. The van der Waals surface area contributed by atoms with Gasteiger partial charge in [-0.1, -0.05) is 36.4 Å². The molecule has 2 atom stereocenters.